The molecule has 0 aromatic carbocycles. The number of unbranched alkanes of at least 4 members (excludes halogenated alkanes) is 1. The number of hydrogen-bond acceptors (Lipinski definition) is 3. The summed E-state index contributed by atoms with van der Waals surface area (Å²) in [5, 5.41) is 11.3. The van der Waals surface area contributed by atoms with Crippen molar-refractivity contribution in [2.75, 3.05) is 5.75 Å². The second-order valence-corrected chi connectivity index (χ2v) is 6.61. The zero-order valence-electron chi connectivity index (χ0n) is 16.9. The molecule has 0 aromatic rings. The second-order valence-electron chi connectivity index (χ2n) is 6.24. The molecule has 28 heavy (non-hydrogen) atoms. The Morgan fingerprint density at radius 1 is 0.857 bits per heavy atom. The fourth-order valence-electron chi connectivity index (χ4n) is 2.20. The SMILES string of the molecule is CC/C=C/C/C=C/C/C=C/C/C=C/C/C=C/CCCC(=O)NC(CS)C(=O)O. The van der Waals surface area contributed by atoms with Crippen molar-refractivity contribution in [1.82, 2.24) is 5.32 Å². The molecule has 156 valence electrons. The van der Waals surface area contributed by atoms with Crippen molar-refractivity contribution < 1.29 is 14.7 Å². The van der Waals surface area contributed by atoms with Crippen LogP contribution in [0.2, 0.25) is 0 Å². The Balaban J connectivity index is 3.66. The number of carbonyl (C=O) groups excluding carboxylic acids is 1. The highest BCUT2D eigenvalue weighted by Crippen LogP contribution is 2.00. The first-order chi connectivity index (χ1) is 13.6. The Morgan fingerprint density at radius 2 is 1.32 bits per heavy atom. The largest absolute Gasteiger partial charge is 0.480 e. The van der Waals surface area contributed by atoms with E-state index >= 15 is 0 Å². The highest BCUT2D eigenvalue weighted by molar-refractivity contribution is 7.80. The van der Waals surface area contributed by atoms with Crippen molar-refractivity contribution in [2.24, 2.45) is 0 Å². The van der Waals surface area contributed by atoms with E-state index in [9.17, 15) is 9.59 Å². The topological polar surface area (TPSA) is 66.4 Å². The van der Waals surface area contributed by atoms with Crippen molar-refractivity contribution in [3.8, 4) is 0 Å². The minimum atomic E-state index is -1.05. The molecule has 1 atom stereocenters. The van der Waals surface area contributed by atoms with Gasteiger partial charge in [-0.25, -0.2) is 4.79 Å². The molecule has 1 amide bonds. The summed E-state index contributed by atoms with van der Waals surface area (Å²) in [4.78, 5) is 22.4. The van der Waals surface area contributed by atoms with Crippen LogP contribution >= 0.6 is 12.6 Å². The molecule has 0 aliphatic carbocycles. The molecule has 4 nitrogen and oxygen atoms in total. The van der Waals surface area contributed by atoms with Gasteiger partial charge in [-0.2, -0.15) is 12.6 Å². The first-order valence-corrected chi connectivity index (χ1v) is 10.6. The smallest absolute Gasteiger partial charge is 0.327 e. The van der Waals surface area contributed by atoms with Crippen LogP contribution in [0.4, 0.5) is 0 Å². The van der Waals surface area contributed by atoms with E-state index in [4.69, 9.17) is 5.11 Å². The van der Waals surface area contributed by atoms with Gasteiger partial charge < -0.3 is 10.4 Å². The van der Waals surface area contributed by atoms with E-state index in [1.54, 1.807) is 0 Å². The summed E-state index contributed by atoms with van der Waals surface area (Å²) >= 11 is 3.91. The van der Waals surface area contributed by atoms with Gasteiger partial charge in [0, 0.05) is 12.2 Å². The fourth-order valence-corrected chi connectivity index (χ4v) is 2.45. The molecule has 0 bridgehead atoms. The summed E-state index contributed by atoms with van der Waals surface area (Å²) in [6.45, 7) is 2.14. The first kappa shape index (κ1) is 26.0. The monoisotopic (exact) mass is 405 g/mol. The van der Waals surface area contributed by atoms with Gasteiger partial charge in [0.05, 0.1) is 0 Å². The maximum absolute atomic E-state index is 11.6. The summed E-state index contributed by atoms with van der Waals surface area (Å²) in [6.07, 6.45) is 28.2. The van der Waals surface area contributed by atoms with Gasteiger partial charge in [0.15, 0.2) is 0 Å². The molecule has 0 fully saturated rings. The molecule has 0 saturated carbocycles. The van der Waals surface area contributed by atoms with Crippen LogP contribution in [-0.4, -0.2) is 28.8 Å². The lowest BCUT2D eigenvalue weighted by atomic mass is 10.2. The van der Waals surface area contributed by atoms with E-state index in [-0.39, 0.29) is 11.7 Å². The third kappa shape index (κ3) is 17.4. The first-order valence-electron chi connectivity index (χ1n) is 9.99. The van der Waals surface area contributed by atoms with Gasteiger partial charge in [0.25, 0.3) is 0 Å². The second kappa shape index (κ2) is 19.7. The van der Waals surface area contributed by atoms with Gasteiger partial charge in [-0.15, -0.1) is 0 Å². The molecule has 0 rings (SSSR count). The third-order valence-corrected chi connectivity index (χ3v) is 4.11. The molecule has 0 aliphatic rings. The zero-order valence-corrected chi connectivity index (χ0v) is 17.8. The van der Waals surface area contributed by atoms with Gasteiger partial charge in [-0.1, -0.05) is 67.7 Å². The lowest BCUT2D eigenvalue weighted by molar-refractivity contribution is -0.141. The summed E-state index contributed by atoms with van der Waals surface area (Å²) in [7, 11) is 0. The number of carbonyl (C=O) groups is 2. The van der Waals surface area contributed by atoms with Crippen LogP contribution in [-0.2, 0) is 9.59 Å². The Labute approximate surface area is 175 Å². The van der Waals surface area contributed by atoms with Crippen molar-refractivity contribution in [3.05, 3.63) is 60.8 Å². The van der Waals surface area contributed by atoms with Crippen LogP contribution in [0.25, 0.3) is 0 Å². The number of aliphatic carboxylic acids is 1. The van der Waals surface area contributed by atoms with E-state index in [2.05, 4.69) is 85.6 Å². The minimum Gasteiger partial charge on any atom is -0.480 e. The Morgan fingerprint density at radius 3 is 1.75 bits per heavy atom. The number of hydrogen-bond donors (Lipinski definition) is 3. The molecule has 0 aromatic heterocycles. The average Bonchev–Trinajstić information content (AvgIpc) is 2.68. The number of carboxylic acids is 1. The molecule has 2 N–H and O–H groups in total. The van der Waals surface area contributed by atoms with Crippen LogP contribution in [0.1, 0.15) is 58.3 Å². The van der Waals surface area contributed by atoms with E-state index in [1.165, 1.54) is 0 Å². The molecule has 0 aliphatic heterocycles. The lowest BCUT2D eigenvalue weighted by Crippen LogP contribution is -2.41. The van der Waals surface area contributed by atoms with Gasteiger partial charge in [-0.3, -0.25) is 4.79 Å². The highest BCUT2D eigenvalue weighted by Gasteiger charge is 2.17. The van der Waals surface area contributed by atoms with Crippen LogP contribution in [0, 0.1) is 0 Å². The van der Waals surface area contributed by atoms with Crippen LogP contribution < -0.4 is 5.32 Å². The van der Waals surface area contributed by atoms with Gasteiger partial charge in [0.1, 0.15) is 6.04 Å². The number of carboxylic acid groups (broad SMARTS) is 1. The van der Waals surface area contributed by atoms with Crippen LogP contribution in [0.5, 0.6) is 0 Å². The van der Waals surface area contributed by atoms with E-state index in [0.29, 0.717) is 12.8 Å². The minimum absolute atomic E-state index is 0.0931. The quantitative estimate of drug-likeness (QED) is 0.183. The Hall–Kier alpha value is -2.01. The number of rotatable bonds is 16. The average molecular weight is 406 g/mol. The molecular weight excluding hydrogens is 370 g/mol. The summed E-state index contributed by atoms with van der Waals surface area (Å²) < 4.78 is 0. The van der Waals surface area contributed by atoms with Gasteiger partial charge in [-0.05, 0) is 44.9 Å². The Bertz CT molecular complexity index is 562. The van der Waals surface area contributed by atoms with Crippen molar-refractivity contribution in [2.45, 2.75) is 64.3 Å². The molecule has 1 unspecified atom stereocenters. The van der Waals surface area contributed by atoms with Crippen LogP contribution in [0.15, 0.2) is 60.8 Å². The predicted molar refractivity (Wildman–Crippen MR) is 122 cm³/mol. The van der Waals surface area contributed by atoms with Crippen LogP contribution in [0.3, 0.4) is 0 Å². The third-order valence-electron chi connectivity index (χ3n) is 3.75. The molecule has 0 radical (unpaired) electrons. The van der Waals surface area contributed by atoms with Gasteiger partial charge in [0.2, 0.25) is 5.91 Å². The molecule has 5 heteroatoms. The highest BCUT2D eigenvalue weighted by atomic mass is 32.1. The van der Waals surface area contributed by atoms with Crippen molar-refractivity contribution >= 4 is 24.5 Å². The maximum atomic E-state index is 11.6. The number of nitrogens with one attached hydrogen (secondary N) is 1. The van der Waals surface area contributed by atoms with E-state index in [1.807, 2.05) is 0 Å². The van der Waals surface area contributed by atoms with Crippen molar-refractivity contribution in [3.63, 3.8) is 0 Å². The fraction of sp³-hybridized carbons (Fsp3) is 0.478. The Kier molecular flexibility index (Phi) is 18.3. The zero-order chi connectivity index (χ0) is 20.9. The van der Waals surface area contributed by atoms with E-state index in [0.717, 1.165) is 38.5 Å². The number of thiol groups is 1. The van der Waals surface area contributed by atoms with E-state index < -0.39 is 12.0 Å². The molecule has 0 heterocycles. The molecule has 0 spiro atoms. The summed E-state index contributed by atoms with van der Waals surface area (Å²) in [6, 6.07) is -0.912. The predicted octanol–water partition coefficient (Wildman–Crippen LogP) is 5.41. The molecule has 0 saturated heterocycles. The maximum Gasteiger partial charge on any atom is 0.327 e. The lowest BCUT2D eigenvalue weighted by Gasteiger charge is -2.11. The molecular formula is C23H35NO3S. The number of amides is 1. The standard InChI is InChI=1S/C23H35NO3S/c1-2-3-4-5-6-7-8-9-10-11-12-13-14-15-16-17-18-19-22(25)24-21(20-28)23(26)27/h3-4,6-7,9-10,12-13,15-16,21,28H,2,5,8,11,14,17-20H2,1H3,(H,24,25)(H,26,27)/b4-3+,7-6+,10-9+,13-12+,16-15+. The normalized spacial score (nSPS) is 13.5. The van der Waals surface area contributed by atoms with Crippen molar-refractivity contribution in [1.29, 1.82) is 0 Å². The van der Waals surface area contributed by atoms with Gasteiger partial charge >= 0.3 is 5.97 Å². The number of allylic oxidation sites excluding steroid dienone is 10. The summed E-state index contributed by atoms with van der Waals surface area (Å²) in [5.41, 5.74) is 0. The summed E-state index contributed by atoms with van der Waals surface area (Å²) in [5.74, 6) is -1.20.